The summed E-state index contributed by atoms with van der Waals surface area (Å²) in [6.45, 7) is 5.08. The van der Waals surface area contributed by atoms with E-state index in [4.69, 9.17) is 16.3 Å². The normalized spacial score (nSPS) is 10.1. The Balaban J connectivity index is 2.75. The van der Waals surface area contributed by atoms with Crippen molar-refractivity contribution in [1.29, 1.82) is 0 Å². The number of nitrogens with one attached hydrogen (secondary N) is 1. The van der Waals surface area contributed by atoms with Gasteiger partial charge in [0.2, 0.25) is 0 Å². The zero-order valence-corrected chi connectivity index (χ0v) is 13.4. The monoisotopic (exact) mass is 312 g/mol. The molecule has 5 nitrogen and oxygen atoms in total. The molecular weight excluding hydrogens is 292 g/mol. The number of ether oxygens (including phenoxy) is 1. The molecule has 2 amide bonds. The van der Waals surface area contributed by atoms with Crippen molar-refractivity contribution in [1.82, 2.24) is 4.90 Å². The first-order chi connectivity index (χ1) is 10.0. The second kappa shape index (κ2) is 8.52. The Morgan fingerprint density at radius 3 is 2.33 bits per heavy atom. The summed E-state index contributed by atoms with van der Waals surface area (Å²) in [5.41, 5.74) is 0.465. The first kappa shape index (κ1) is 17.3. The average Bonchev–Trinajstić information content (AvgIpc) is 2.46. The molecule has 0 atom stereocenters. The van der Waals surface area contributed by atoms with E-state index in [1.165, 1.54) is 7.11 Å². The molecule has 21 heavy (non-hydrogen) atoms. The molecule has 0 heterocycles. The number of methoxy groups -OCH3 is 1. The molecule has 0 spiro atoms. The topological polar surface area (TPSA) is 58.6 Å². The Hall–Kier alpha value is -1.75. The fourth-order valence-electron chi connectivity index (χ4n) is 1.93. The molecule has 1 aromatic carbocycles. The molecule has 0 aromatic heterocycles. The van der Waals surface area contributed by atoms with E-state index in [0.717, 1.165) is 12.8 Å². The van der Waals surface area contributed by atoms with Crippen LogP contribution in [0.2, 0.25) is 5.02 Å². The molecule has 1 rings (SSSR count). The lowest BCUT2D eigenvalue weighted by molar-refractivity contribution is -0.143. The number of amides is 2. The summed E-state index contributed by atoms with van der Waals surface area (Å²) in [6.07, 6.45) is 1.63. The van der Waals surface area contributed by atoms with Crippen LogP contribution in [0.4, 0.5) is 5.69 Å². The Morgan fingerprint density at radius 2 is 1.86 bits per heavy atom. The molecule has 0 unspecified atom stereocenters. The Labute approximate surface area is 130 Å². The maximum absolute atomic E-state index is 12.1. The van der Waals surface area contributed by atoms with Gasteiger partial charge < -0.3 is 15.0 Å². The lowest BCUT2D eigenvalue weighted by Gasteiger charge is -2.20. The van der Waals surface area contributed by atoms with E-state index in [9.17, 15) is 9.59 Å². The Morgan fingerprint density at radius 1 is 1.24 bits per heavy atom. The summed E-state index contributed by atoms with van der Waals surface area (Å²) < 4.78 is 5.03. The van der Waals surface area contributed by atoms with Crippen LogP contribution < -0.4 is 10.1 Å². The fraction of sp³-hybridized carbons (Fsp3) is 0.467. The quantitative estimate of drug-likeness (QED) is 0.822. The number of hydrogen-bond acceptors (Lipinski definition) is 3. The van der Waals surface area contributed by atoms with Gasteiger partial charge in [0.1, 0.15) is 5.75 Å². The molecular formula is C15H21ClN2O3. The molecule has 0 radical (unpaired) electrons. The van der Waals surface area contributed by atoms with Gasteiger partial charge >= 0.3 is 11.8 Å². The van der Waals surface area contributed by atoms with Gasteiger partial charge in [-0.15, -0.1) is 0 Å². The summed E-state index contributed by atoms with van der Waals surface area (Å²) in [6, 6.07) is 4.83. The van der Waals surface area contributed by atoms with Crippen molar-refractivity contribution in [2.24, 2.45) is 0 Å². The van der Waals surface area contributed by atoms with Gasteiger partial charge in [-0.3, -0.25) is 9.59 Å². The third kappa shape index (κ3) is 4.93. The maximum Gasteiger partial charge on any atom is 0.313 e. The molecule has 0 aliphatic heterocycles. The van der Waals surface area contributed by atoms with Crippen molar-refractivity contribution in [3.63, 3.8) is 0 Å². The van der Waals surface area contributed by atoms with Crippen molar-refractivity contribution in [2.45, 2.75) is 26.7 Å². The van der Waals surface area contributed by atoms with E-state index >= 15 is 0 Å². The lowest BCUT2D eigenvalue weighted by Crippen LogP contribution is -2.40. The van der Waals surface area contributed by atoms with Gasteiger partial charge in [0.15, 0.2) is 0 Å². The van der Waals surface area contributed by atoms with Crippen LogP contribution in [0.25, 0.3) is 0 Å². The third-order valence-corrected chi connectivity index (χ3v) is 3.17. The van der Waals surface area contributed by atoms with Crippen LogP contribution in [0.5, 0.6) is 5.75 Å². The minimum Gasteiger partial charge on any atom is -0.495 e. The van der Waals surface area contributed by atoms with Crippen molar-refractivity contribution in [2.75, 3.05) is 25.5 Å². The van der Waals surface area contributed by atoms with E-state index in [2.05, 4.69) is 5.32 Å². The third-order valence-electron chi connectivity index (χ3n) is 2.88. The van der Waals surface area contributed by atoms with E-state index in [1.807, 2.05) is 13.8 Å². The lowest BCUT2D eigenvalue weighted by atomic mass is 10.3. The summed E-state index contributed by atoms with van der Waals surface area (Å²) in [7, 11) is 1.51. The SMILES string of the molecule is CCCN(CCC)C(=O)C(=O)Nc1ccc(OC)c(Cl)c1. The zero-order valence-electron chi connectivity index (χ0n) is 12.6. The number of rotatable bonds is 6. The molecule has 0 aliphatic rings. The fourth-order valence-corrected chi connectivity index (χ4v) is 2.18. The van der Waals surface area contributed by atoms with E-state index in [0.29, 0.717) is 29.5 Å². The van der Waals surface area contributed by atoms with Crippen LogP contribution in [0, 0.1) is 0 Å². The predicted octanol–water partition coefficient (Wildman–Crippen LogP) is 2.94. The Bertz CT molecular complexity index is 500. The highest BCUT2D eigenvalue weighted by Crippen LogP contribution is 2.27. The first-order valence-electron chi connectivity index (χ1n) is 6.97. The molecule has 1 N–H and O–H groups in total. The second-order valence-corrected chi connectivity index (χ2v) is 5.00. The first-order valence-corrected chi connectivity index (χ1v) is 7.35. The minimum absolute atomic E-state index is 0.377. The van der Waals surface area contributed by atoms with Crippen LogP contribution in [-0.4, -0.2) is 36.9 Å². The number of nitrogens with zero attached hydrogens (tertiary/aromatic N) is 1. The molecule has 0 aliphatic carbocycles. The highest BCUT2D eigenvalue weighted by molar-refractivity contribution is 6.39. The van der Waals surface area contributed by atoms with Crippen LogP contribution in [-0.2, 0) is 9.59 Å². The van der Waals surface area contributed by atoms with Crippen LogP contribution >= 0.6 is 11.6 Å². The minimum atomic E-state index is -0.655. The maximum atomic E-state index is 12.1. The number of halogens is 1. The van der Waals surface area contributed by atoms with Gasteiger partial charge in [0.05, 0.1) is 12.1 Å². The predicted molar refractivity (Wildman–Crippen MR) is 83.8 cm³/mol. The van der Waals surface area contributed by atoms with Crippen LogP contribution in [0.1, 0.15) is 26.7 Å². The van der Waals surface area contributed by atoms with E-state index in [1.54, 1.807) is 23.1 Å². The van der Waals surface area contributed by atoms with Crippen LogP contribution in [0.3, 0.4) is 0 Å². The van der Waals surface area contributed by atoms with Crippen molar-refractivity contribution >= 4 is 29.1 Å². The van der Waals surface area contributed by atoms with Crippen LogP contribution in [0.15, 0.2) is 18.2 Å². The second-order valence-electron chi connectivity index (χ2n) is 4.60. The van der Waals surface area contributed by atoms with Gasteiger partial charge in [0, 0.05) is 18.8 Å². The molecule has 1 aromatic rings. The van der Waals surface area contributed by atoms with Gasteiger partial charge in [-0.2, -0.15) is 0 Å². The van der Waals surface area contributed by atoms with Gasteiger partial charge in [-0.05, 0) is 31.0 Å². The molecule has 116 valence electrons. The number of benzene rings is 1. The highest BCUT2D eigenvalue weighted by Gasteiger charge is 2.20. The summed E-state index contributed by atoms with van der Waals surface area (Å²) in [4.78, 5) is 25.6. The average molecular weight is 313 g/mol. The van der Waals surface area contributed by atoms with Crippen molar-refractivity contribution in [3.8, 4) is 5.75 Å². The van der Waals surface area contributed by atoms with Crippen molar-refractivity contribution < 1.29 is 14.3 Å². The van der Waals surface area contributed by atoms with Gasteiger partial charge in [-0.25, -0.2) is 0 Å². The zero-order chi connectivity index (χ0) is 15.8. The molecule has 0 saturated heterocycles. The number of carbonyl (C=O) groups excluding carboxylic acids is 2. The number of carbonyl (C=O) groups is 2. The number of anilines is 1. The molecule has 0 bridgehead atoms. The van der Waals surface area contributed by atoms with E-state index < -0.39 is 11.8 Å². The largest absolute Gasteiger partial charge is 0.495 e. The molecule has 6 heteroatoms. The highest BCUT2D eigenvalue weighted by atomic mass is 35.5. The Kier molecular flexibility index (Phi) is 7.02. The number of hydrogen-bond donors (Lipinski definition) is 1. The molecule has 0 fully saturated rings. The summed E-state index contributed by atoms with van der Waals surface area (Å²) in [5.74, 6) is -0.664. The molecule has 0 saturated carbocycles. The standard InChI is InChI=1S/C15H21ClN2O3/c1-4-8-18(9-5-2)15(20)14(19)17-11-6-7-13(21-3)12(16)10-11/h6-7,10H,4-5,8-9H2,1-3H3,(H,17,19). The van der Waals surface area contributed by atoms with Gasteiger partial charge in [0.25, 0.3) is 0 Å². The van der Waals surface area contributed by atoms with E-state index in [-0.39, 0.29) is 0 Å². The van der Waals surface area contributed by atoms with Gasteiger partial charge in [-0.1, -0.05) is 25.4 Å². The summed E-state index contributed by atoms with van der Waals surface area (Å²) in [5, 5.41) is 2.94. The smallest absolute Gasteiger partial charge is 0.313 e. The van der Waals surface area contributed by atoms with Crippen molar-refractivity contribution in [3.05, 3.63) is 23.2 Å². The summed E-state index contributed by atoms with van der Waals surface area (Å²) >= 11 is 5.98.